The summed E-state index contributed by atoms with van der Waals surface area (Å²) in [6, 6.07) is 13.1. The van der Waals surface area contributed by atoms with Crippen molar-refractivity contribution in [1.82, 2.24) is 9.97 Å². The summed E-state index contributed by atoms with van der Waals surface area (Å²) in [4.78, 5) is 8.35. The Labute approximate surface area is 118 Å². The van der Waals surface area contributed by atoms with Crippen LogP contribution in [-0.2, 0) is 0 Å². The van der Waals surface area contributed by atoms with Gasteiger partial charge in [0.2, 0.25) is 5.88 Å². The molecular formula is C14H10BrN3O. The second-order valence-electron chi connectivity index (χ2n) is 4.01. The molecule has 2 aromatic carbocycles. The highest BCUT2D eigenvalue weighted by Crippen LogP contribution is 2.28. The van der Waals surface area contributed by atoms with Gasteiger partial charge in [0.25, 0.3) is 0 Å². The van der Waals surface area contributed by atoms with E-state index in [9.17, 15) is 0 Å². The lowest BCUT2D eigenvalue weighted by molar-refractivity contribution is 0.468. The number of aromatic nitrogens is 2. The van der Waals surface area contributed by atoms with E-state index < -0.39 is 0 Å². The summed E-state index contributed by atoms with van der Waals surface area (Å²) >= 11 is 3.41. The normalized spacial score (nSPS) is 10.6. The quantitative estimate of drug-likeness (QED) is 0.731. The Balaban J connectivity index is 2.06. The van der Waals surface area contributed by atoms with E-state index in [-0.39, 0.29) is 0 Å². The number of nitrogens with zero attached hydrogens (tertiary/aromatic N) is 2. The lowest BCUT2D eigenvalue weighted by Crippen LogP contribution is -1.92. The minimum atomic E-state index is 0.517. The van der Waals surface area contributed by atoms with Crippen molar-refractivity contribution in [2.45, 2.75) is 0 Å². The van der Waals surface area contributed by atoms with E-state index in [0.717, 1.165) is 15.4 Å². The zero-order chi connectivity index (χ0) is 13.2. The maximum absolute atomic E-state index is 5.79. The van der Waals surface area contributed by atoms with Crippen molar-refractivity contribution in [3.05, 3.63) is 53.3 Å². The molecule has 0 amide bonds. The summed E-state index contributed by atoms with van der Waals surface area (Å²) in [7, 11) is 0. The Morgan fingerprint density at radius 1 is 1.05 bits per heavy atom. The van der Waals surface area contributed by atoms with Crippen LogP contribution in [0.2, 0.25) is 0 Å². The van der Waals surface area contributed by atoms with Gasteiger partial charge in [-0.05, 0) is 36.4 Å². The first-order chi connectivity index (χ1) is 9.22. The molecule has 2 N–H and O–H groups in total. The molecule has 0 fully saturated rings. The number of nitrogen functional groups attached to an aromatic ring is 1. The zero-order valence-electron chi connectivity index (χ0n) is 9.88. The number of nitrogens with two attached hydrogens (primary N) is 1. The minimum absolute atomic E-state index is 0.517. The van der Waals surface area contributed by atoms with Crippen LogP contribution >= 0.6 is 15.9 Å². The average molecular weight is 316 g/mol. The molecule has 0 spiro atoms. The van der Waals surface area contributed by atoms with E-state index in [4.69, 9.17) is 10.5 Å². The van der Waals surface area contributed by atoms with Gasteiger partial charge in [-0.25, -0.2) is 9.97 Å². The van der Waals surface area contributed by atoms with E-state index >= 15 is 0 Å². The van der Waals surface area contributed by atoms with Gasteiger partial charge in [-0.3, -0.25) is 0 Å². The summed E-state index contributed by atoms with van der Waals surface area (Å²) in [5.41, 5.74) is 7.17. The second-order valence-corrected chi connectivity index (χ2v) is 4.93. The first-order valence-electron chi connectivity index (χ1n) is 5.66. The van der Waals surface area contributed by atoms with Crippen LogP contribution in [0.3, 0.4) is 0 Å². The molecule has 0 atom stereocenters. The fourth-order valence-electron chi connectivity index (χ4n) is 1.77. The van der Waals surface area contributed by atoms with Crippen molar-refractivity contribution in [2.75, 3.05) is 5.73 Å². The Kier molecular flexibility index (Phi) is 3.05. The molecule has 1 aromatic heterocycles. The molecule has 0 aliphatic heterocycles. The third-order valence-corrected chi connectivity index (χ3v) is 3.13. The Bertz CT molecular complexity index is 746. The van der Waals surface area contributed by atoms with Crippen LogP contribution in [0.1, 0.15) is 0 Å². The summed E-state index contributed by atoms with van der Waals surface area (Å²) in [6.45, 7) is 0. The fourth-order valence-corrected chi connectivity index (χ4v) is 2.15. The van der Waals surface area contributed by atoms with E-state index in [1.807, 2.05) is 30.3 Å². The monoisotopic (exact) mass is 315 g/mol. The molecule has 0 unspecified atom stereocenters. The van der Waals surface area contributed by atoms with Gasteiger partial charge in [0.05, 0.1) is 10.9 Å². The van der Waals surface area contributed by atoms with Crippen molar-refractivity contribution in [1.29, 1.82) is 0 Å². The first-order valence-corrected chi connectivity index (χ1v) is 6.45. The van der Waals surface area contributed by atoms with Crippen LogP contribution in [0.25, 0.3) is 10.9 Å². The van der Waals surface area contributed by atoms with Gasteiger partial charge in [-0.2, -0.15) is 0 Å². The number of halogens is 1. The second kappa shape index (κ2) is 4.85. The molecular weight excluding hydrogens is 306 g/mol. The average Bonchev–Trinajstić information content (AvgIpc) is 2.38. The van der Waals surface area contributed by atoms with Gasteiger partial charge in [0.15, 0.2) is 0 Å². The van der Waals surface area contributed by atoms with E-state index in [0.29, 0.717) is 17.3 Å². The Hall–Kier alpha value is -2.14. The molecule has 0 radical (unpaired) electrons. The lowest BCUT2D eigenvalue weighted by Gasteiger charge is -2.07. The van der Waals surface area contributed by atoms with E-state index in [1.165, 1.54) is 6.33 Å². The van der Waals surface area contributed by atoms with E-state index in [1.54, 1.807) is 12.1 Å². The number of benzene rings is 2. The number of hydrogen-bond donors (Lipinski definition) is 1. The molecule has 3 aromatic rings. The highest BCUT2D eigenvalue weighted by atomic mass is 79.9. The lowest BCUT2D eigenvalue weighted by atomic mass is 10.2. The molecule has 3 rings (SSSR count). The summed E-state index contributed by atoms with van der Waals surface area (Å²) in [5.74, 6) is 1.23. The van der Waals surface area contributed by atoms with Crippen molar-refractivity contribution in [3.63, 3.8) is 0 Å². The molecule has 0 aliphatic carbocycles. The number of fused-ring (bicyclic) bond motifs is 1. The fraction of sp³-hybridized carbons (Fsp3) is 0. The highest BCUT2D eigenvalue weighted by Gasteiger charge is 2.06. The Morgan fingerprint density at radius 2 is 1.95 bits per heavy atom. The minimum Gasteiger partial charge on any atom is -0.438 e. The van der Waals surface area contributed by atoms with Crippen LogP contribution < -0.4 is 10.5 Å². The predicted molar refractivity (Wildman–Crippen MR) is 78.2 cm³/mol. The number of rotatable bonds is 2. The van der Waals surface area contributed by atoms with E-state index in [2.05, 4.69) is 25.9 Å². The van der Waals surface area contributed by atoms with Crippen LogP contribution in [-0.4, -0.2) is 9.97 Å². The van der Waals surface area contributed by atoms with Gasteiger partial charge in [-0.1, -0.05) is 22.0 Å². The third kappa shape index (κ3) is 2.51. The molecule has 0 saturated carbocycles. The smallest absolute Gasteiger partial charge is 0.230 e. The molecule has 0 aliphatic rings. The predicted octanol–water partition coefficient (Wildman–Crippen LogP) is 3.77. The van der Waals surface area contributed by atoms with Crippen molar-refractivity contribution in [2.24, 2.45) is 0 Å². The topological polar surface area (TPSA) is 61.0 Å². The van der Waals surface area contributed by atoms with Gasteiger partial charge in [0, 0.05) is 10.2 Å². The van der Waals surface area contributed by atoms with Crippen molar-refractivity contribution < 1.29 is 4.74 Å². The summed E-state index contributed by atoms with van der Waals surface area (Å²) in [6.07, 6.45) is 1.47. The molecule has 1 heterocycles. The molecule has 0 saturated heterocycles. The highest BCUT2D eigenvalue weighted by molar-refractivity contribution is 9.10. The standard InChI is InChI=1S/C14H10BrN3O/c15-9-2-1-3-11(6-9)19-14-12-5-4-10(16)7-13(12)17-8-18-14/h1-8H,16H2. The summed E-state index contributed by atoms with van der Waals surface area (Å²) in [5, 5.41) is 0.830. The molecule has 5 heteroatoms. The third-order valence-electron chi connectivity index (χ3n) is 2.63. The SMILES string of the molecule is Nc1ccc2c(Oc3cccc(Br)c3)ncnc2c1. The zero-order valence-corrected chi connectivity index (χ0v) is 11.5. The largest absolute Gasteiger partial charge is 0.438 e. The van der Waals surface area contributed by atoms with Gasteiger partial charge < -0.3 is 10.5 Å². The Morgan fingerprint density at radius 3 is 2.79 bits per heavy atom. The number of hydrogen-bond acceptors (Lipinski definition) is 4. The molecule has 0 bridgehead atoms. The first kappa shape index (κ1) is 11.9. The van der Waals surface area contributed by atoms with Gasteiger partial charge >= 0.3 is 0 Å². The van der Waals surface area contributed by atoms with Crippen molar-refractivity contribution >= 4 is 32.5 Å². The summed E-state index contributed by atoms with van der Waals surface area (Å²) < 4.78 is 6.74. The number of ether oxygens (including phenoxy) is 1. The molecule has 94 valence electrons. The van der Waals surface area contributed by atoms with Crippen LogP contribution in [0, 0.1) is 0 Å². The van der Waals surface area contributed by atoms with Crippen molar-refractivity contribution in [3.8, 4) is 11.6 Å². The van der Waals surface area contributed by atoms with Crippen LogP contribution in [0.15, 0.2) is 53.3 Å². The van der Waals surface area contributed by atoms with Crippen LogP contribution in [0.5, 0.6) is 11.6 Å². The van der Waals surface area contributed by atoms with Gasteiger partial charge in [-0.15, -0.1) is 0 Å². The maximum atomic E-state index is 5.79. The molecule has 4 nitrogen and oxygen atoms in total. The number of anilines is 1. The maximum Gasteiger partial charge on any atom is 0.230 e. The molecule has 19 heavy (non-hydrogen) atoms. The van der Waals surface area contributed by atoms with Crippen LogP contribution in [0.4, 0.5) is 5.69 Å². The van der Waals surface area contributed by atoms with Gasteiger partial charge in [0.1, 0.15) is 12.1 Å².